The van der Waals surface area contributed by atoms with Crippen LogP contribution in [-0.4, -0.2) is 53.4 Å². The second-order valence-corrected chi connectivity index (χ2v) is 8.37. The maximum absolute atomic E-state index is 12.1. The predicted molar refractivity (Wildman–Crippen MR) is 126 cm³/mol. The van der Waals surface area contributed by atoms with Crippen LogP contribution < -0.4 is 20.1 Å². The summed E-state index contributed by atoms with van der Waals surface area (Å²) in [6.45, 7) is 3.56. The minimum absolute atomic E-state index is 0.255. The van der Waals surface area contributed by atoms with Gasteiger partial charge in [0.2, 0.25) is 11.7 Å². The molecule has 0 radical (unpaired) electrons. The molecule has 3 aromatic rings. The summed E-state index contributed by atoms with van der Waals surface area (Å²) in [5, 5.41) is 18.8. The second kappa shape index (κ2) is 11.0. The number of hydrogen-bond donors (Lipinski definition) is 3. The van der Waals surface area contributed by atoms with Gasteiger partial charge in [-0.15, -0.1) is 0 Å². The van der Waals surface area contributed by atoms with E-state index in [-0.39, 0.29) is 12.5 Å². The smallest absolute Gasteiger partial charge is 0.325 e. The van der Waals surface area contributed by atoms with E-state index in [0.29, 0.717) is 28.8 Å². The van der Waals surface area contributed by atoms with E-state index in [1.807, 2.05) is 12.1 Å². The van der Waals surface area contributed by atoms with Gasteiger partial charge in [0, 0.05) is 17.0 Å². The van der Waals surface area contributed by atoms with Gasteiger partial charge in [0.05, 0.1) is 7.11 Å². The van der Waals surface area contributed by atoms with Crippen molar-refractivity contribution < 1.29 is 28.7 Å². The average Bonchev–Trinajstić information content (AvgIpc) is 3.38. The van der Waals surface area contributed by atoms with Crippen LogP contribution in [0.1, 0.15) is 47.5 Å². The largest absolute Gasteiger partial charge is 0.493 e. The molecule has 2 heterocycles. The summed E-state index contributed by atoms with van der Waals surface area (Å²) in [5.74, 6) is 0.994. The van der Waals surface area contributed by atoms with Crippen molar-refractivity contribution in [2.24, 2.45) is 0 Å². The number of nitrogens with zero attached hydrogens (tertiary/aromatic N) is 2. The fraction of sp³-hybridized carbons (Fsp3) is 0.360. The highest BCUT2D eigenvalue weighted by molar-refractivity contribution is 5.96. The van der Waals surface area contributed by atoms with E-state index < -0.39 is 17.9 Å². The topological polar surface area (TPSA) is 136 Å². The molecule has 1 unspecified atom stereocenters. The Labute approximate surface area is 202 Å². The van der Waals surface area contributed by atoms with Crippen molar-refractivity contribution >= 4 is 11.9 Å². The van der Waals surface area contributed by atoms with Crippen LogP contribution in [0.4, 0.5) is 0 Å². The Hall–Kier alpha value is -3.92. The Balaban J connectivity index is 1.39. The van der Waals surface area contributed by atoms with E-state index in [1.54, 1.807) is 37.4 Å². The molecule has 10 heteroatoms. The highest BCUT2D eigenvalue weighted by atomic mass is 16.5. The van der Waals surface area contributed by atoms with E-state index in [2.05, 4.69) is 20.8 Å². The first-order valence-electron chi connectivity index (χ1n) is 11.4. The van der Waals surface area contributed by atoms with Crippen LogP contribution in [-0.2, 0) is 11.4 Å². The molecule has 2 aromatic carbocycles. The number of hydrogen-bond acceptors (Lipinski definition) is 8. The first-order chi connectivity index (χ1) is 16.9. The molecule has 1 atom stereocenters. The van der Waals surface area contributed by atoms with Gasteiger partial charge in [-0.25, -0.2) is 0 Å². The summed E-state index contributed by atoms with van der Waals surface area (Å²) >= 11 is 0. The number of carboxylic acids is 1. The van der Waals surface area contributed by atoms with Crippen molar-refractivity contribution in [2.75, 3.05) is 20.2 Å². The van der Waals surface area contributed by atoms with Crippen molar-refractivity contribution in [3.8, 4) is 22.9 Å². The number of carbonyl (C=O) groups is 2. The Morgan fingerprint density at radius 3 is 2.60 bits per heavy atom. The lowest BCUT2D eigenvalue weighted by atomic mass is 9.98. The van der Waals surface area contributed by atoms with Crippen LogP contribution in [0.3, 0.4) is 0 Å². The molecule has 3 N–H and O–H groups in total. The van der Waals surface area contributed by atoms with Gasteiger partial charge < -0.3 is 29.7 Å². The van der Waals surface area contributed by atoms with Crippen LogP contribution in [0, 0.1) is 0 Å². The highest BCUT2D eigenvalue weighted by Gasteiger charge is 2.22. The molecule has 1 aliphatic rings. The zero-order valence-corrected chi connectivity index (χ0v) is 19.6. The summed E-state index contributed by atoms with van der Waals surface area (Å²) in [6, 6.07) is 11.2. The van der Waals surface area contributed by atoms with E-state index in [9.17, 15) is 9.59 Å². The zero-order chi connectivity index (χ0) is 24.8. The van der Waals surface area contributed by atoms with E-state index in [1.165, 1.54) is 6.92 Å². The molecule has 0 spiro atoms. The van der Waals surface area contributed by atoms with Crippen LogP contribution in [0.5, 0.6) is 11.5 Å². The number of benzene rings is 2. The Bertz CT molecular complexity index is 1170. The van der Waals surface area contributed by atoms with Crippen LogP contribution in [0.2, 0.25) is 0 Å². The molecule has 0 saturated carbocycles. The van der Waals surface area contributed by atoms with E-state index in [0.717, 1.165) is 37.1 Å². The average molecular weight is 481 g/mol. The van der Waals surface area contributed by atoms with E-state index >= 15 is 0 Å². The summed E-state index contributed by atoms with van der Waals surface area (Å²) in [4.78, 5) is 27.6. The summed E-state index contributed by atoms with van der Waals surface area (Å²) in [5.41, 5.74) is 1.97. The third-order valence-corrected chi connectivity index (χ3v) is 5.88. The molecule has 10 nitrogen and oxygen atoms in total. The van der Waals surface area contributed by atoms with Gasteiger partial charge in [0.15, 0.2) is 11.5 Å². The molecular formula is C25H28N4O6. The number of piperidine rings is 1. The number of amides is 1. The molecule has 184 valence electrons. The third-order valence-electron chi connectivity index (χ3n) is 5.88. The van der Waals surface area contributed by atoms with Gasteiger partial charge in [0.25, 0.3) is 5.91 Å². The lowest BCUT2D eigenvalue weighted by molar-refractivity contribution is -0.138. The number of aromatic nitrogens is 2. The summed E-state index contributed by atoms with van der Waals surface area (Å²) < 4.78 is 16.9. The Morgan fingerprint density at radius 1 is 1.17 bits per heavy atom. The molecule has 1 aromatic heterocycles. The molecule has 0 aliphatic carbocycles. The molecule has 1 amide bonds. The summed E-state index contributed by atoms with van der Waals surface area (Å²) in [6.07, 6.45) is 1.95. The monoisotopic (exact) mass is 480 g/mol. The number of nitrogens with one attached hydrogen (secondary N) is 2. The molecular weight excluding hydrogens is 452 g/mol. The maximum atomic E-state index is 12.1. The second-order valence-electron chi connectivity index (χ2n) is 8.37. The van der Waals surface area contributed by atoms with Crippen molar-refractivity contribution in [3.63, 3.8) is 0 Å². The van der Waals surface area contributed by atoms with Crippen LogP contribution in [0.25, 0.3) is 11.4 Å². The normalized spacial score (nSPS) is 14.8. The van der Waals surface area contributed by atoms with Gasteiger partial charge in [-0.05, 0) is 68.8 Å². The first kappa shape index (κ1) is 24.2. The first-order valence-corrected chi connectivity index (χ1v) is 11.4. The minimum Gasteiger partial charge on any atom is -0.493 e. The van der Waals surface area contributed by atoms with Crippen LogP contribution in [0.15, 0.2) is 47.0 Å². The Morgan fingerprint density at radius 2 is 1.91 bits per heavy atom. The van der Waals surface area contributed by atoms with Crippen molar-refractivity contribution in [3.05, 3.63) is 59.5 Å². The van der Waals surface area contributed by atoms with E-state index in [4.69, 9.17) is 19.1 Å². The molecule has 1 aliphatic heterocycles. The SMILES string of the molecule is COc1cc(-c2noc(C3CCNCC3)n2)ccc1OCc1ccc(C(=O)NC(C)C(=O)O)cc1. The number of aliphatic carboxylic acids is 1. The van der Waals surface area contributed by atoms with Gasteiger partial charge >= 0.3 is 5.97 Å². The van der Waals surface area contributed by atoms with Gasteiger partial charge in [-0.2, -0.15) is 4.98 Å². The number of ether oxygens (including phenoxy) is 2. The highest BCUT2D eigenvalue weighted by Crippen LogP contribution is 2.33. The predicted octanol–water partition coefficient (Wildman–Crippen LogP) is 2.99. The standard InChI is InChI=1S/C25H28N4O6/c1-15(25(31)32)27-23(30)17-5-3-16(4-6-17)14-34-20-8-7-19(13-21(20)33-2)22-28-24(35-29-22)18-9-11-26-12-10-18/h3-8,13,15,18,26H,9-12,14H2,1-2H3,(H,27,30)(H,31,32). The molecule has 1 fully saturated rings. The molecule has 0 bridgehead atoms. The Kier molecular flexibility index (Phi) is 7.61. The van der Waals surface area contributed by atoms with Crippen molar-refractivity contribution in [1.82, 2.24) is 20.8 Å². The number of rotatable bonds is 9. The lowest BCUT2D eigenvalue weighted by Gasteiger charge is -2.18. The van der Waals surface area contributed by atoms with Gasteiger partial charge in [-0.1, -0.05) is 17.3 Å². The minimum atomic E-state index is -1.09. The molecule has 1 saturated heterocycles. The summed E-state index contributed by atoms with van der Waals surface area (Å²) in [7, 11) is 1.56. The lowest BCUT2D eigenvalue weighted by Crippen LogP contribution is -2.38. The number of carbonyl (C=O) groups excluding carboxylic acids is 1. The zero-order valence-electron chi connectivity index (χ0n) is 19.6. The molecule has 35 heavy (non-hydrogen) atoms. The quantitative estimate of drug-likeness (QED) is 0.422. The number of methoxy groups -OCH3 is 1. The van der Waals surface area contributed by atoms with Crippen LogP contribution >= 0.6 is 0 Å². The fourth-order valence-electron chi connectivity index (χ4n) is 3.77. The van der Waals surface area contributed by atoms with Gasteiger partial charge in [-0.3, -0.25) is 9.59 Å². The fourth-order valence-corrected chi connectivity index (χ4v) is 3.77. The molecule has 4 rings (SSSR count). The van der Waals surface area contributed by atoms with Crippen molar-refractivity contribution in [1.29, 1.82) is 0 Å². The number of carboxylic acid groups (broad SMARTS) is 1. The van der Waals surface area contributed by atoms with Gasteiger partial charge in [0.1, 0.15) is 12.6 Å². The van der Waals surface area contributed by atoms with Crippen molar-refractivity contribution in [2.45, 2.75) is 38.3 Å². The third kappa shape index (κ3) is 5.96. The maximum Gasteiger partial charge on any atom is 0.325 e.